The highest BCUT2D eigenvalue weighted by Crippen LogP contribution is 2.36. The van der Waals surface area contributed by atoms with Gasteiger partial charge in [-0.1, -0.05) is 13.8 Å². The van der Waals surface area contributed by atoms with Gasteiger partial charge in [-0.05, 0) is 62.9 Å². The topological polar surface area (TPSA) is 46.6 Å². The molecule has 10 heteroatoms. The fourth-order valence-corrected chi connectivity index (χ4v) is 3.88. The van der Waals surface area contributed by atoms with Crippen LogP contribution in [0.1, 0.15) is 44.2 Å². The van der Waals surface area contributed by atoms with Crippen molar-refractivity contribution in [2.45, 2.75) is 57.5 Å². The van der Waals surface area contributed by atoms with Crippen LogP contribution < -0.4 is 4.18 Å². The predicted molar refractivity (Wildman–Crippen MR) is 97.2 cm³/mol. The Hall–Kier alpha value is -1.06. The van der Waals surface area contributed by atoms with Crippen molar-refractivity contribution in [2.75, 3.05) is 13.1 Å². The van der Waals surface area contributed by atoms with E-state index in [1.165, 1.54) is 0 Å². The van der Waals surface area contributed by atoms with Crippen molar-refractivity contribution in [1.82, 2.24) is 4.90 Å². The van der Waals surface area contributed by atoms with Gasteiger partial charge in [0, 0.05) is 11.6 Å². The minimum Gasteiger partial charge on any atom is -0.376 e. The molecule has 0 aliphatic heterocycles. The summed E-state index contributed by atoms with van der Waals surface area (Å²) < 4.78 is 79.1. The summed E-state index contributed by atoms with van der Waals surface area (Å²) >= 11 is 0. The van der Waals surface area contributed by atoms with Gasteiger partial charge in [-0.25, -0.2) is 4.39 Å². The van der Waals surface area contributed by atoms with E-state index in [0.717, 1.165) is 38.1 Å². The molecule has 0 radical (unpaired) electrons. The number of alkyl halides is 3. The van der Waals surface area contributed by atoms with Crippen LogP contribution in [0.3, 0.4) is 0 Å². The number of benzene rings is 1. The monoisotopic (exact) mass is 433 g/mol. The maximum Gasteiger partial charge on any atom is 0.534 e. The van der Waals surface area contributed by atoms with Crippen LogP contribution in [-0.4, -0.2) is 38.0 Å². The third-order valence-corrected chi connectivity index (χ3v) is 5.49. The number of nitrogens with zero attached hydrogens (tertiary/aromatic N) is 1. The van der Waals surface area contributed by atoms with Crippen molar-refractivity contribution in [3.63, 3.8) is 0 Å². The molecule has 0 fully saturated rings. The van der Waals surface area contributed by atoms with E-state index in [0.29, 0.717) is 12.8 Å². The molecular weight excluding hydrogens is 410 g/mol. The molecule has 2 rings (SSSR count). The molecule has 0 N–H and O–H groups in total. The average molecular weight is 434 g/mol. The SMILES string of the molecule is CCCN(CCC)[C@@H]1CCc2c(F)ccc(OS(=O)(=O)C(F)(F)F)c2C1.Cl. The molecule has 0 heterocycles. The Morgan fingerprint density at radius 2 is 1.74 bits per heavy atom. The lowest BCUT2D eigenvalue weighted by Gasteiger charge is -2.35. The molecule has 0 saturated carbocycles. The van der Waals surface area contributed by atoms with E-state index in [1.54, 1.807) is 0 Å². The van der Waals surface area contributed by atoms with Gasteiger partial charge in [-0.3, -0.25) is 0 Å². The van der Waals surface area contributed by atoms with Crippen LogP contribution in [0.25, 0.3) is 0 Å². The van der Waals surface area contributed by atoms with Gasteiger partial charge in [0.15, 0.2) is 0 Å². The lowest BCUT2D eigenvalue weighted by atomic mass is 9.86. The van der Waals surface area contributed by atoms with Crippen molar-refractivity contribution in [1.29, 1.82) is 0 Å². The summed E-state index contributed by atoms with van der Waals surface area (Å²) in [6.07, 6.45) is 3.09. The summed E-state index contributed by atoms with van der Waals surface area (Å²) in [5, 5.41) is 0. The molecule has 0 unspecified atom stereocenters. The van der Waals surface area contributed by atoms with Crippen LogP contribution in [0.4, 0.5) is 17.6 Å². The van der Waals surface area contributed by atoms with Gasteiger partial charge in [0.1, 0.15) is 11.6 Å². The van der Waals surface area contributed by atoms with Crippen LogP contribution in [0, 0.1) is 5.82 Å². The van der Waals surface area contributed by atoms with Crippen molar-refractivity contribution in [3.8, 4) is 5.75 Å². The van der Waals surface area contributed by atoms with Crippen LogP contribution in [0.2, 0.25) is 0 Å². The Labute approximate surface area is 163 Å². The molecule has 0 saturated heterocycles. The predicted octanol–water partition coefficient (Wildman–Crippen LogP) is 4.46. The summed E-state index contributed by atoms with van der Waals surface area (Å²) in [6.45, 7) is 5.70. The van der Waals surface area contributed by atoms with E-state index < -0.39 is 27.2 Å². The molecule has 0 amide bonds. The maximum absolute atomic E-state index is 14.1. The van der Waals surface area contributed by atoms with Crippen molar-refractivity contribution in [3.05, 3.63) is 29.1 Å². The van der Waals surface area contributed by atoms with Crippen LogP contribution in [0.15, 0.2) is 12.1 Å². The van der Waals surface area contributed by atoms with Gasteiger partial charge < -0.3 is 9.08 Å². The Balaban J connectivity index is 0.00000364. The Morgan fingerprint density at radius 1 is 1.15 bits per heavy atom. The molecule has 0 bridgehead atoms. The number of hydrogen-bond donors (Lipinski definition) is 0. The normalized spacial score (nSPS) is 17.4. The fourth-order valence-electron chi connectivity index (χ4n) is 3.39. The molecule has 1 atom stereocenters. The third-order valence-electron chi connectivity index (χ3n) is 4.52. The summed E-state index contributed by atoms with van der Waals surface area (Å²) in [7, 11) is -5.79. The number of rotatable bonds is 7. The zero-order chi connectivity index (χ0) is 19.5. The molecule has 1 aromatic carbocycles. The quantitative estimate of drug-likeness (QED) is 0.362. The summed E-state index contributed by atoms with van der Waals surface area (Å²) in [6, 6.07) is 1.93. The lowest BCUT2D eigenvalue weighted by Crippen LogP contribution is -2.40. The first-order valence-electron chi connectivity index (χ1n) is 8.65. The lowest BCUT2D eigenvalue weighted by molar-refractivity contribution is -0.0500. The molecule has 0 spiro atoms. The second kappa shape index (κ2) is 9.43. The van der Waals surface area contributed by atoms with Gasteiger partial charge in [0.25, 0.3) is 0 Å². The highest BCUT2D eigenvalue weighted by molar-refractivity contribution is 7.88. The first kappa shape index (κ1) is 24.0. The van der Waals surface area contributed by atoms with Crippen molar-refractivity contribution >= 4 is 22.5 Å². The minimum atomic E-state index is -5.79. The number of halogens is 5. The Kier molecular flexibility index (Phi) is 8.37. The second-order valence-corrected chi connectivity index (χ2v) is 7.96. The first-order chi connectivity index (χ1) is 12.1. The summed E-state index contributed by atoms with van der Waals surface area (Å²) in [4.78, 5) is 2.22. The summed E-state index contributed by atoms with van der Waals surface area (Å²) in [5.41, 5.74) is -5.07. The van der Waals surface area contributed by atoms with Crippen molar-refractivity contribution in [2.24, 2.45) is 0 Å². The molecule has 4 nitrogen and oxygen atoms in total. The number of hydrogen-bond acceptors (Lipinski definition) is 4. The highest BCUT2D eigenvalue weighted by Gasteiger charge is 2.49. The van der Waals surface area contributed by atoms with Crippen LogP contribution >= 0.6 is 12.4 Å². The average Bonchev–Trinajstić information content (AvgIpc) is 2.56. The summed E-state index contributed by atoms with van der Waals surface area (Å²) in [5.74, 6) is -0.982. The van der Waals surface area contributed by atoms with Gasteiger partial charge in [0.05, 0.1) is 0 Å². The van der Waals surface area contributed by atoms with E-state index >= 15 is 0 Å². The van der Waals surface area contributed by atoms with E-state index in [9.17, 15) is 26.0 Å². The van der Waals surface area contributed by atoms with Gasteiger partial charge in [-0.2, -0.15) is 21.6 Å². The molecular formula is C17H24ClF4NO3S. The largest absolute Gasteiger partial charge is 0.534 e. The van der Waals surface area contributed by atoms with E-state index in [1.807, 2.05) is 13.8 Å². The second-order valence-electron chi connectivity index (χ2n) is 6.42. The Bertz CT molecular complexity index is 734. The fraction of sp³-hybridized carbons (Fsp3) is 0.647. The van der Waals surface area contributed by atoms with Crippen molar-refractivity contribution < 1.29 is 30.2 Å². The van der Waals surface area contributed by atoms with Gasteiger partial charge in [0.2, 0.25) is 0 Å². The highest BCUT2D eigenvalue weighted by atomic mass is 35.5. The first-order valence-corrected chi connectivity index (χ1v) is 10.1. The molecule has 156 valence electrons. The maximum atomic E-state index is 14.1. The minimum absolute atomic E-state index is 0. The zero-order valence-corrected chi connectivity index (χ0v) is 16.8. The third kappa shape index (κ3) is 5.48. The van der Waals surface area contributed by atoms with E-state index in [4.69, 9.17) is 0 Å². The zero-order valence-electron chi connectivity index (χ0n) is 15.2. The van der Waals surface area contributed by atoms with Gasteiger partial charge >= 0.3 is 15.6 Å². The molecule has 1 aliphatic rings. The molecule has 1 aliphatic carbocycles. The Morgan fingerprint density at radius 3 is 2.26 bits per heavy atom. The molecule has 27 heavy (non-hydrogen) atoms. The number of fused-ring (bicyclic) bond motifs is 1. The molecule has 0 aromatic heterocycles. The van der Waals surface area contributed by atoms with E-state index in [2.05, 4.69) is 9.08 Å². The van der Waals surface area contributed by atoms with E-state index in [-0.39, 0.29) is 36.0 Å². The smallest absolute Gasteiger partial charge is 0.376 e. The van der Waals surface area contributed by atoms with Crippen LogP contribution in [-0.2, 0) is 23.0 Å². The molecule has 1 aromatic rings. The standard InChI is InChI=1S/C17H23F4NO3S.ClH/c1-3-9-22(10-4-2)12-5-6-13-14(11-12)16(8-7-15(13)18)25-26(23,24)17(19,20)21;/h7-8,12H,3-6,9-11H2,1-2H3;1H/t12-;/m1./s1. The van der Waals surface area contributed by atoms with Crippen LogP contribution in [0.5, 0.6) is 5.75 Å². The van der Waals surface area contributed by atoms with Gasteiger partial charge in [-0.15, -0.1) is 12.4 Å².